The molecule has 18 heavy (non-hydrogen) atoms. The van der Waals surface area contributed by atoms with Crippen LogP contribution in [0.1, 0.15) is 0 Å². The van der Waals surface area contributed by atoms with Gasteiger partial charge in [0.25, 0.3) is 5.91 Å². The minimum atomic E-state index is -4.46. The molecule has 0 radical (unpaired) electrons. The smallest absolute Gasteiger partial charge is 0.362 e. The zero-order chi connectivity index (χ0) is 13.8. The molecule has 0 saturated carbocycles. The van der Waals surface area contributed by atoms with Gasteiger partial charge in [0, 0.05) is 0 Å². The van der Waals surface area contributed by atoms with Gasteiger partial charge in [0.2, 0.25) is 0 Å². The van der Waals surface area contributed by atoms with Crippen LogP contribution in [0.4, 0.5) is 19.0 Å². The first kappa shape index (κ1) is 15.3. The zero-order valence-corrected chi connectivity index (χ0v) is 11.8. The Morgan fingerprint density at radius 2 is 2.11 bits per heavy atom. The number of anilines is 1. The van der Waals surface area contributed by atoms with Crippen LogP contribution in [0, 0.1) is 0 Å². The number of halogens is 5. The molecule has 10 heteroatoms. The molecular formula is C8H6Br2F3N3O2. The molecule has 1 aromatic heterocycles. The molecular weight excluding hydrogens is 387 g/mol. The number of ether oxygens (including phenoxy) is 1. The van der Waals surface area contributed by atoms with E-state index in [1.165, 1.54) is 6.20 Å². The van der Waals surface area contributed by atoms with Gasteiger partial charge < -0.3 is 10.1 Å². The average Bonchev–Trinajstić information content (AvgIpc) is 2.20. The minimum absolute atomic E-state index is 0.0961. The van der Waals surface area contributed by atoms with Crippen molar-refractivity contribution in [2.24, 2.45) is 0 Å². The van der Waals surface area contributed by atoms with Crippen LogP contribution in [-0.2, 0) is 9.53 Å². The maximum absolute atomic E-state index is 11.7. The Balaban J connectivity index is 2.45. The van der Waals surface area contributed by atoms with Crippen molar-refractivity contribution in [2.75, 3.05) is 18.5 Å². The van der Waals surface area contributed by atoms with Gasteiger partial charge in [-0.1, -0.05) is 0 Å². The van der Waals surface area contributed by atoms with Gasteiger partial charge in [-0.3, -0.25) is 4.79 Å². The quantitative estimate of drug-likeness (QED) is 0.855. The van der Waals surface area contributed by atoms with Gasteiger partial charge in [0.15, 0.2) is 5.82 Å². The number of alkyl halides is 3. The van der Waals surface area contributed by atoms with E-state index in [4.69, 9.17) is 0 Å². The van der Waals surface area contributed by atoms with Crippen LogP contribution < -0.4 is 5.32 Å². The predicted molar refractivity (Wildman–Crippen MR) is 62.9 cm³/mol. The number of carbonyl (C=O) groups is 1. The Bertz CT molecular complexity index is 442. The van der Waals surface area contributed by atoms with E-state index in [1.54, 1.807) is 0 Å². The molecule has 0 unspecified atom stereocenters. The lowest BCUT2D eigenvalue weighted by Crippen LogP contribution is -2.24. The van der Waals surface area contributed by atoms with Crippen LogP contribution in [0.15, 0.2) is 15.4 Å². The van der Waals surface area contributed by atoms with Crippen LogP contribution >= 0.6 is 31.9 Å². The highest BCUT2D eigenvalue weighted by molar-refractivity contribution is 9.11. The van der Waals surface area contributed by atoms with Crippen molar-refractivity contribution in [3.8, 4) is 0 Å². The minimum Gasteiger partial charge on any atom is -0.362 e. The highest BCUT2D eigenvalue weighted by Gasteiger charge is 2.27. The second kappa shape index (κ2) is 6.43. The first-order valence-corrected chi connectivity index (χ1v) is 5.99. The molecule has 0 aliphatic heterocycles. The molecule has 1 N–H and O–H groups in total. The van der Waals surface area contributed by atoms with Crippen LogP contribution in [-0.4, -0.2) is 35.3 Å². The summed E-state index contributed by atoms with van der Waals surface area (Å²) in [6, 6.07) is 0. The Hall–Kier alpha value is -0.740. The largest absolute Gasteiger partial charge is 0.411 e. The normalized spacial score (nSPS) is 11.4. The molecule has 0 saturated heterocycles. The number of rotatable bonds is 4. The fraction of sp³-hybridized carbons (Fsp3) is 0.375. The molecule has 0 aliphatic rings. The molecule has 1 aromatic rings. The molecule has 0 fully saturated rings. The lowest BCUT2D eigenvalue weighted by atomic mass is 10.5. The lowest BCUT2D eigenvalue weighted by Gasteiger charge is -2.08. The molecule has 0 bridgehead atoms. The van der Waals surface area contributed by atoms with Gasteiger partial charge >= 0.3 is 6.18 Å². The fourth-order valence-electron chi connectivity index (χ4n) is 0.858. The Morgan fingerprint density at radius 1 is 1.44 bits per heavy atom. The molecule has 0 aliphatic carbocycles. The Kier molecular flexibility index (Phi) is 5.47. The monoisotopic (exact) mass is 391 g/mol. The van der Waals surface area contributed by atoms with E-state index in [0.717, 1.165) is 0 Å². The predicted octanol–water partition coefficient (Wildman–Crippen LogP) is 2.52. The van der Waals surface area contributed by atoms with Crippen molar-refractivity contribution in [1.29, 1.82) is 0 Å². The summed E-state index contributed by atoms with van der Waals surface area (Å²) in [5.41, 5.74) is 0. The Labute approximate surface area is 116 Å². The third-order valence-electron chi connectivity index (χ3n) is 1.46. The number of aromatic nitrogens is 2. The zero-order valence-electron chi connectivity index (χ0n) is 8.59. The highest BCUT2D eigenvalue weighted by Crippen LogP contribution is 2.19. The van der Waals surface area contributed by atoms with Crippen LogP contribution in [0.3, 0.4) is 0 Å². The number of nitrogens with zero attached hydrogens (tertiary/aromatic N) is 2. The van der Waals surface area contributed by atoms with E-state index in [1.807, 2.05) is 0 Å². The van der Waals surface area contributed by atoms with E-state index in [-0.39, 0.29) is 10.4 Å². The SMILES string of the molecule is O=C(COCC(F)(F)F)Nc1ncc(Br)nc1Br. The van der Waals surface area contributed by atoms with E-state index < -0.39 is 25.3 Å². The van der Waals surface area contributed by atoms with Crippen LogP contribution in [0.5, 0.6) is 0 Å². The van der Waals surface area contributed by atoms with Crippen molar-refractivity contribution < 1.29 is 22.7 Å². The summed E-state index contributed by atoms with van der Waals surface area (Å²) in [6.45, 7) is -2.20. The molecule has 0 spiro atoms. The van der Waals surface area contributed by atoms with Crippen LogP contribution in [0.25, 0.3) is 0 Å². The van der Waals surface area contributed by atoms with Crippen molar-refractivity contribution in [2.45, 2.75) is 6.18 Å². The summed E-state index contributed by atoms with van der Waals surface area (Å²) in [7, 11) is 0. The van der Waals surface area contributed by atoms with Gasteiger partial charge in [-0.25, -0.2) is 9.97 Å². The topological polar surface area (TPSA) is 64.1 Å². The number of nitrogens with one attached hydrogen (secondary N) is 1. The second-order valence-corrected chi connectivity index (χ2v) is 4.55. The maximum atomic E-state index is 11.7. The van der Waals surface area contributed by atoms with Gasteiger partial charge in [0.1, 0.15) is 22.4 Å². The van der Waals surface area contributed by atoms with E-state index in [0.29, 0.717) is 4.60 Å². The standard InChI is InChI=1S/C8H6Br2F3N3O2/c9-4-1-14-7(6(10)15-4)16-5(17)2-18-3-8(11,12)13/h1H,2-3H2,(H,14,16,17). The summed E-state index contributed by atoms with van der Waals surface area (Å²) >= 11 is 6.10. The van der Waals surface area contributed by atoms with E-state index in [2.05, 4.69) is 51.9 Å². The van der Waals surface area contributed by atoms with Crippen molar-refractivity contribution in [1.82, 2.24) is 9.97 Å². The number of carbonyl (C=O) groups excluding carboxylic acids is 1. The summed E-state index contributed by atoms with van der Waals surface area (Å²) < 4.78 is 40.1. The van der Waals surface area contributed by atoms with E-state index in [9.17, 15) is 18.0 Å². The molecule has 5 nitrogen and oxygen atoms in total. The lowest BCUT2D eigenvalue weighted by molar-refractivity contribution is -0.174. The molecule has 1 amide bonds. The van der Waals surface area contributed by atoms with Gasteiger partial charge in [-0.05, 0) is 31.9 Å². The highest BCUT2D eigenvalue weighted by atomic mass is 79.9. The Morgan fingerprint density at radius 3 is 2.67 bits per heavy atom. The van der Waals surface area contributed by atoms with Gasteiger partial charge in [0.05, 0.1) is 6.20 Å². The molecule has 0 aromatic carbocycles. The second-order valence-electron chi connectivity index (χ2n) is 2.99. The van der Waals surface area contributed by atoms with Crippen molar-refractivity contribution in [3.05, 3.63) is 15.4 Å². The average molecular weight is 393 g/mol. The maximum Gasteiger partial charge on any atom is 0.411 e. The van der Waals surface area contributed by atoms with Crippen molar-refractivity contribution in [3.63, 3.8) is 0 Å². The third-order valence-corrected chi connectivity index (χ3v) is 2.39. The van der Waals surface area contributed by atoms with Gasteiger partial charge in [-0.15, -0.1) is 0 Å². The third kappa shape index (κ3) is 5.74. The molecule has 100 valence electrons. The number of hydrogen-bond donors (Lipinski definition) is 1. The van der Waals surface area contributed by atoms with E-state index >= 15 is 0 Å². The molecule has 0 atom stereocenters. The first-order valence-electron chi connectivity index (χ1n) is 4.40. The van der Waals surface area contributed by atoms with Crippen LogP contribution in [0.2, 0.25) is 0 Å². The summed E-state index contributed by atoms with van der Waals surface area (Å²) in [5, 5.41) is 2.25. The number of amides is 1. The summed E-state index contributed by atoms with van der Waals surface area (Å²) in [5.74, 6) is -0.657. The summed E-state index contributed by atoms with van der Waals surface area (Å²) in [6.07, 6.45) is -3.13. The van der Waals surface area contributed by atoms with Gasteiger partial charge in [-0.2, -0.15) is 13.2 Å². The molecule has 1 rings (SSSR count). The number of hydrogen-bond acceptors (Lipinski definition) is 4. The fourth-order valence-corrected chi connectivity index (χ4v) is 1.77. The summed E-state index contributed by atoms with van der Waals surface area (Å²) in [4.78, 5) is 18.9. The van der Waals surface area contributed by atoms with Crippen molar-refractivity contribution >= 4 is 43.6 Å². The molecule has 1 heterocycles. The first-order chi connectivity index (χ1) is 8.28.